The highest BCUT2D eigenvalue weighted by atomic mass is 35.5. The Bertz CT molecular complexity index is 389. The lowest BCUT2D eigenvalue weighted by Gasteiger charge is -1.98. The van der Waals surface area contributed by atoms with Crippen LogP contribution in [0.2, 0.25) is 0 Å². The maximum Gasteiger partial charge on any atom is 0.159 e. The molecular formula is C10H11Cl2N3. The van der Waals surface area contributed by atoms with Gasteiger partial charge >= 0.3 is 0 Å². The first kappa shape index (κ1) is 13.7. The monoisotopic (exact) mass is 243 g/mol. The number of hydrogen-bond acceptors (Lipinski definition) is 3. The molecule has 1 heterocycles. The molecule has 2 aromatic rings. The third-order valence-corrected chi connectivity index (χ3v) is 1.73. The molecule has 0 bridgehead atoms. The Morgan fingerprint density at radius 2 is 1.40 bits per heavy atom. The van der Waals surface area contributed by atoms with E-state index in [1.54, 1.807) is 18.5 Å². The van der Waals surface area contributed by atoms with Gasteiger partial charge in [0, 0.05) is 23.6 Å². The summed E-state index contributed by atoms with van der Waals surface area (Å²) in [5.74, 6) is 0.725. The summed E-state index contributed by atoms with van der Waals surface area (Å²) in [5, 5.41) is 0. The average molecular weight is 244 g/mol. The van der Waals surface area contributed by atoms with E-state index in [-0.39, 0.29) is 24.8 Å². The first-order valence-corrected chi connectivity index (χ1v) is 3.99. The average Bonchev–Trinajstić information content (AvgIpc) is 2.20. The molecule has 2 N–H and O–H groups in total. The van der Waals surface area contributed by atoms with Crippen molar-refractivity contribution in [2.75, 3.05) is 5.73 Å². The Kier molecular flexibility index (Phi) is 5.67. The number of rotatable bonds is 1. The predicted octanol–water partition coefficient (Wildman–Crippen LogP) is 2.57. The highest BCUT2D eigenvalue weighted by Gasteiger charge is 1.97. The van der Waals surface area contributed by atoms with Gasteiger partial charge in [0.25, 0.3) is 0 Å². The van der Waals surface area contributed by atoms with Gasteiger partial charge in [-0.1, -0.05) is 0 Å². The van der Waals surface area contributed by atoms with Crippen LogP contribution in [0.1, 0.15) is 0 Å². The summed E-state index contributed by atoms with van der Waals surface area (Å²) in [5.41, 5.74) is 7.29. The van der Waals surface area contributed by atoms with Gasteiger partial charge in [-0.3, -0.25) is 0 Å². The number of hydrogen-bond donors (Lipinski definition) is 1. The topological polar surface area (TPSA) is 51.8 Å². The molecule has 3 nitrogen and oxygen atoms in total. The molecule has 0 fully saturated rings. The van der Waals surface area contributed by atoms with E-state index in [2.05, 4.69) is 9.97 Å². The van der Waals surface area contributed by atoms with Crippen LogP contribution in [0.5, 0.6) is 0 Å². The van der Waals surface area contributed by atoms with Crippen molar-refractivity contribution < 1.29 is 0 Å². The fourth-order valence-corrected chi connectivity index (χ4v) is 1.08. The summed E-state index contributed by atoms with van der Waals surface area (Å²) in [6.07, 6.45) is 3.44. The van der Waals surface area contributed by atoms with E-state index in [9.17, 15) is 0 Å². The molecule has 0 aliphatic carbocycles. The van der Waals surface area contributed by atoms with Crippen molar-refractivity contribution in [3.05, 3.63) is 42.7 Å². The van der Waals surface area contributed by atoms with E-state index >= 15 is 0 Å². The van der Waals surface area contributed by atoms with Crippen LogP contribution in [0.15, 0.2) is 42.7 Å². The maximum atomic E-state index is 5.56. The SMILES string of the molecule is Cl.Cl.Nc1ccc(-c2ncccn2)cc1. The van der Waals surface area contributed by atoms with Crippen LogP contribution in [-0.4, -0.2) is 9.97 Å². The summed E-state index contributed by atoms with van der Waals surface area (Å²) < 4.78 is 0. The van der Waals surface area contributed by atoms with Crippen LogP contribution < -0.4 is 5.73 Å². The van der Waals surface area contributed by atoms with E-state index in [1.165, 1.54) is 0 Å². The molecule has 0 saturated heterocycles. The molecule has 0 unspecified atom stereocenters. The Morgan fingerprint density at radius 3 is 1.93 bits per heavy atom. The molecule has 1 aromatic carbocycles. The highest BCUT2D eigenvalue weighted by molar-refractivity contribution is 5.85. The molecule has 1 aromatic heterocycles. The Balaban J connectivity index is 0.000000980. The highest BCUT2D eigenvalue weighted by Crippen LogP contribution is 2.14. The Labute approximate surface area is 101 Å². The van der Waals surface area contributed by atoms with E-state index < -0.39 is 0 Å². The second-order valence-corrected chi connectivity index (χ2v) is 2.69. The van der Waals surface area contributed by atoms with Gasteiger partial charge in [0.2, 0.25) is 0 Å². The molecule has 5 heteroatoms. The third kappa shape index (κ3) is 3.38. The fourth-order valence-electron chi connectivity index (χ4n) is 1.08. The summed E-state index contributed by atoms with van der Waals surface area (Å²) in [6.45, 7) is 0. The van der Waals surface area contributed by atoms with Gasteiger partial charge in [-0.05, 0) is 30.3 Å². The molecule has 0 aliphatic heterocycles. The van der Waals surface area contributed by atoms with Crippen molar-refractivity contribution in [3.63, 3.8) is 0 Å². The van der Waals surface area contributed by atoms with Crippen molar-refractivity contribution >= 4 is 30.5 Å². The van der Waals surface area contributed by atoms with Gasteiger partial charge in [-0.25, -0.2) is 9.97 Å². The quantitative estimate of drug-likeness (QED) is 0.784. The molecule has 0 radical (unpaired) electrons. The Morgan fingerprint density at radius 1 is 0.867 bits per heavy atom. The van der Waals surface area contributed by atoms with Gasteiger partial charge in [0.05, 0.1) is 0 Å². The smallest absolute Gasteiger partial charge is 0.159 e. The lowest BCUT2D eigenvalue weighted by Crippen LogP contribution is -1.88. The second kappa shape index (κ2) is 6.22. The lowest BCUT2D eigenvalue weighted by atomic mass is 10.2. The number of aromatic nitrogens is 2. The van der Waals surface area contributed by atoms with Crippen LogP contribution >= 0.6 is 24.8 Å². The van der Waals surface area contributed by atoms with Crippen LogP contribution in [0, 0.1) is 0 Å². The largest absolute Gasteiger partial charge is 0.399 e. The van der Waals surface area contributed by atoms with Gasteiger partial charge in [-0.15, -0.1) is 24.8 Å². The Hall–Kier alpha value is -1.32. The second-order valence-electron chi connectivity index (χ2n) is 2.69. The van der Waals surface area contributed by atoms with Crippen molar-refractivity contribution in [1.82, 2.24) is 9.97 Å². The van der Waals surface area contributed by atoms with Crippen LogP contribution in [0.4, 0.5) is 5.69 Å². The summed E-state index contributed by atoms with van der Waals surface area (Å²) in [4.78, 5) is 8.25. The van der Waals surface area contributed by atoms with Crippen LogP contribution in [-0.2, 0) is 0 Å². The zero-order chi connectivity index (χ0) is 9.10. The van der Waals surface area contributed by atoms with Gasteiger partial charge in [-0.2, -0.15) is 0 Å². The van der Waals surface area contributed by atoms with Crippen molar-refractivity contribution in [1.29, 1.82) is 0 Å². The number of nitrogen functional groups attached to an aromatic ring is 1. The first-order valence-electron chi connectivity index (χ1n) is 3.99. The summed E-state index contributed by atoms with van der Waals surface area (Å²) in [7, 11) is 0. The molecule has 0 atom stereocenters. The number of nitrogens with two attached hydrogens (primary N) is 1. The fraction of sp³-hybridized carbons (Fsp3) is 0. The lowest BCUT2D eigenvalue weighted by molar-refractivity contribution is 1.18. The number of nitrogens with zero attached hydrogens (tertiary/aromatic N) is 2. The molecule has 0 amide bonds. The van der Waals surface area contributed by atoms with Crippen LogP contribution in [0.3, 0.4) is 0 Å². The van der Waals surface area contributed by atoms with Crippen LogP contribution in [0.25, 0.3) is 11.4 Å². The van der Waals surface area contributed by atoms with E-state index in [4.69, 9.17) is 5.73 Å². The predicted molar refractivity (Wildman–Crippen MR) is 66.4 cm³/mol. The van der Waals surface area contributed by atoms with E-state index in [1.807, 2.05) is 24.3 Å². The van der Waals surface area contributed by atoms with Gasteiger partial charge in [0.1, 0.15) is 0 Å². The minimum Gasteiger partial charge on any atom is -0.399 e. The van der Waals surface area contributed by atoms with E-state index in [0.717, 1.165) is 17.1 Å². The van der Waals surface area contributed by atoms with E-state index in [0.29, 0.717) is 0 Å². The van der Waals surface area contributed by atoms with Crippen molar-refractivity contribution in [2.24, 2.45) is 0 Å². The normalized spacial score (nSPS) is 8.53. The minimum absolute atomic E-state index is 0. The number of anilines is 1. The zero-order valence-corrected chi connectivity index (χ0v) is 9.46. The molecular weight excluding hydrogens is 233 g/mol. The molecule has 0 spiro atoms. The number of halogens is 2. The molecule has 2 rings (SSSR count). The summed E-state index contributed by atoms with van der Waals surface area (Å²) >= 11 is 0. The number of benzene rings is 1. The van der Waals surface area contributed by atoms with Crippen molar-refractivity contribution in [2.45, 2.75) is 0 Å². The summed E-state index contributed by atoms with van der Waals surface area (Å²) in [6, 6.07) is 9.29. The first-order chi connectivity index (χ1) is 6.36. The van der Waals surface area contributed by atoms with Gasteiger partial charge < -0.3 is 5.73 Å². The molecule has 0 saturated carbocycles. The standard InChI is InChI=1S/C10H9N3.2ClH/c11-9-4-2-8(3-5-9)10-12-6-1-7-13-10;;/h1-7H,11H2;2*1H. The molecule has 15 heavy (non-hydrogen) atoms. The molecule has 0 aliphatic rings. The van der Waals surface area contributed by atoms with Gasteiger partial charge in [0.15, 0.2) is 5.82 Å². The molecule has 80 valence electrons. The third-order valence-electron chi connectivity index (χ3n) is 1.73. The zero-order valence-electron chi connectivity index (χ0n) is 7.83. The van der Waals surface area contributed by atoms with Crippen molar-refractivity contribution in [3.8, 4) is 11.4 Å². The maximum absolute atomic E-state index is 5.56. The minimum atomic E-state index is 0.